The summed E-state index contributed by atoms with van der Waals surface area (Å²) in [5.74, 6) is -1.72. The van der Waals surface area contributed by atoms with E-state index in [0.717, 1.165) is 0 Å². The quantitative estimate of drug-likeness (QED) is 0.505. The molecule has 1 aromatic carbocycles. The van der Waals surface area contributed by atoms with Crippen LogP contribution in [0.4, 0.5) is 33.7 Å². The number of pyridine rings is 1. The number of H-pyrrole nitrogens is 1. The lowest BCUT2D eigenvalue weighted by Crippen LogP contribution is -2.55. The Balaban J connectivity index is 1.77. The molecule has 2 aromatic rings. The monoisotopic (exact) mass is 579 g/mol. The lowest BCUT2D eigenvalue weighted by molar-refractivity contribution is -0.138. The maximum atomic E-state index is 15.7. The summed E-state index contributed by atoms with van der Waals surface area (Å²) in [6, 6.07) is 3.11. The van der Waals surface area contributed by atoms with E-state index in [1.165, 1.54) is 17.0 Å². The van der Waals surface area contributed by atoms with Crippen molar-refractivity contribution in [1.82, 2.24) is 14.8 Å². The fourth-order valence-electron chi connectivity index (χ4n) is 5.16. The van der Waals surface area contributed by atoms with Gasteiger partial charge in [0, 0.05) is 56.1 Å². The number of ether oxygens (including phenoxy) is 1. The summed E-state index contributed by atoms with van der Waals surface area (Å²) in [5.41, 5.74) is -2.18. The number of anilines is 2. The number of amides is 2. The zero-order chi connectivity index (χ0) is 30.1. The highest BCUT2D eigenvalue weighted by Crippen LogP contribution is 2.37. The van der Waals surface area contributed by atoms with Gasteiger partial charge in [0.1, 0.15) is 5.82 Å². The number of hydrogen-bond acceptors (Lipinski definition) is 6. The molecule has 2 unspecified atom stereocenters. The van der Waals surface area contributed by atoms with Gasteiger partial charge in [0.05, 0.1) is 29.1 Å². The van der Waals surface area contributed by atoms with Crippen LogP contribution >= 0.6 is 0 Å². The highest BCUT2D eigenvalue weighted by molar-refractivity contribution is 6.07. The van der Waals surface area contributed by atoms with Gasteiger partial charge in [-0.25, -0.2) is 9.18 Å². The number of halogens is 4. The van der Waals surface area contributed by atoms with Gasteiger partial charge in [0.2, 0.25) is 5.56 Å². The molecule has 2 aliphatic heterocycles. The predicted molar refractivity (Wildman–Crippen MR) is 147 cm³/mol. The van der Waals surface area contributed by atoms with Crippen LogP contribution < -0.4 is 15.8 Å². The Hall–Kier alpha value is -3.87. The number of aromatic amines is 1. The average molecular weight is 580 g/mol. The highest BCUT2D eigenvalue weighted by atomic mass is 19.4. The van der Waals surface area contributed by atoms with Gasteiger partial charge < -0.3 is 24.8 Å². The topological polar surface area (TPSA) is 98.0 Å². The van der Waals surface area contributed by atoms with Gasteiger partial charge in [-0.05, 0) is 51.9 Å². The van der Waals surface area contributed by atoms with Gasteiger partial charge in [-0.1, -0.05) is 6.08 Å². The third-order valence-electron chi connectivity index (χ3n) is 7.53. The molecule has 0 spiro atoms. The molecule has 1 fully saturated rings. The number of nitrogens with zero attached hydrogens (tertiary/aromatic N) is 3. The third-order valence-corrected chi connectivity index (χ3v) is 7.53. The van der Waals surface area contributed by atoms with E-state index < -0.39 is 40.7 Å². The molecule has 2 aliphatic rings. The summed E-state index contributed by atoms with van der Waals surface area (Å²) in [7, 11) is 1.97. The average Bonchev–Trinajstić information content (AvgIpc) is 2.91. The first-order valence-corrected chi connectivity index (χ1v) is 13.3. The molecule has 2 N–H and O–H groups in total. The molecule has 0 radical (unpaired) electrons. The number of likely N-dealkylation sites (N-methyl/N-ethyl adjacent to an activating group) is 1. The summed E-state index contributed by atoms with van der Waals surface area (Å²) in [6.07, 6.45) is -2.56. The predicted octanol–water partition coefficient (Wildman–Crippen LogP) is 4.56. The Morgan fingerprint density at radius 1 is 1.15 bits per heavy atom. The number of piperazine rings is 1. The van der Waals surface area contributed by atoms with Crippen molar-refractivity contribution in [2.45, 2.75) is 45.5 Å². The molecule has 1 saturated heterocycles. The molecular weight excluding hydrogens is 546 g/mol. The van der Waals surface area contributed by atoms with Crippen molar-refractivity contribution >= 4 is 28.9 Å². The van der Waals surface area contributed by atoms with Gasteiger partial charge in [0.15, 0.2) is 0 Å². The fraction of sp³-hybridized carbons (Fsp3) is 0.464. The number of aromatic nitrogens is 1. The maximum Gasteiger partial charge on any atom is 0.417 e. The molecule has 2 amide bonds. The van der Waals surface area contributed by atoms with Gasteiger partial charge in [-0.3, -0.25) is 14.5 Å². The van der Waals surface area contributed by atoms with Crippen LogP contribution in [0.3, 0.4) is 0 Å². The second kappa shape index (κ2) is 11.9. The molecule has 13 heteroatoms. The molecule has 0 bridgehead atoms. The van der Waals surface area contributed by atoms with Crippen molar-refractivity contribution in [2.75, 3.05) is 50.1 Å². The molecule has 2 atom stereocenters. The second-order valence-corrected chi connectivity index (χ2v) is 10.3. The van der Waals surface area contributed by atoms with E-state index in [2.05, 4.69) is 15.2 Å². The smallest absolute Gasteiger partial charge is 0.417 e. The van der Waals surface area contributed by atoms with Gasteiger partial charge in [-0.15, -0.1) is 0 Å². The molecule has 4 rings (SSSR count). The van der Waals surface area contributed by atoms with Crippen LogP contribution in [0.5, 0.6) is 0 Å². The first-order chi connectivity index (χ1) is 19.3. The zero-order valence-electron chi connectivity index (χ0n) is 23.3. The Labute approximate surface area is 234 Å². The summed E-state index contributed by atoms with van der Waals surface area (Å²) in [4.78, 5) is 44.8. The Bertz CT molecular complexity index is 1390. The summed E-state index contributed by atoms with van der Waals surface area (Å²) < 4.78 is 61.9. The van der Waals surface area contributed by atoms with Crippen LogP contribution in [0.1, 0.15) is 48.7 Å². The molecule has 0 aliphatic carbocycles. The first kappa shape index (κ1) is 30.1. The van der Waals surface area contributed by atoms with E-state index >= 15 is 4.39 Å². The highest BCUT2D eigenvalue weighted by Gasteiger charge is 2.36. The first-order valence-electron chi connectivity index (χ1n) is 13.3. The van der Waals surface area contributed by atoms with Crippen LogP contribution in [-0.2, 0) is 10.9 Å². The van der Waals surface area contributed by atoms with Crippen molar-refractivity contribution in [3.8, 4) is 0 Å². The minimum atomic E-state index is -4.95. The molecule has 3 heterocycles. The molecule has 9 nitrogen and oxygen atoms in total. The lowest BCUT2D eigenvalue weighted by atomic mass is 9.98. The zero-order valence-corrected chi connectivity index (χ0v) is 23.3. The van der Waals surface area contributed by atoms with Crippen LogP contribution in [-0.4, -0.2) is 78.7 Å². The third kappa shape index (κ3) is 6.55. The van der Waals surface area contributed by atoms with Crippen LogP contribution in [0.15, 0.2) is 35.3 Å². The lowest BCUT2D eigenvalue weighted by Gasteiger charge is -2.44. The Morgan fingerprint density at radius 3 is 2.46 bits per heavy atom. The molecule has 222 valence electrons. The van der Waals surface area contributed by atoms with E-state index in [9.17, 15) is 27.6 Å². The van der Waals surface area contributed by atoms with Crippen LogP contribution in [0.2, 0.25) is 0 Å². The van der Waals surface area contributed by atoms with Gasteiger partial charge in [-0.2, -0.15) is 13.2 Å². The fourth-order valence-corrected chi connectivity index (χ4v) is 5.16. The number of benzene rings is 1. The van der Waals surface area contributed by atoms with Crippen molar-refractivity contribution < 1.29 is 31.9 Å². The maximum absolute atomic E-state index is 15.7. The Morgan fingerprint density at radius 2 is 1.83 bits per heavy atom. The Kier molecular flexibility index (Phi) is 8.76. The van der Waals surface area contributed by atoms with Crippen molar-refractivity contribution in [1.29, 1.82) is 0 Å². The largest absolute Gasteiger partial charge is 0.450 e. The number of carbonyl (C=O) groups is 2. The standard InChI is InChI=1S/C28H33F4N5O4/c1-5-41-27(40)36-8-6-7-18(15-36)19-9-23(24(11-22(19)29)37-13-16(2)35(4)17(3)14-37)34-26(39)20-12-33-25(38)10-21(20)28(30,31)32/h7,9-12,16-17H,5-6,8,13-15H2,1-4H3,(H,33,38)(H,34,39). The van der Waals surface area contributed by atoms with Crippen molar-refractivity contribution in [2.24, 2.45) is 0 Å². The summed E-state index contributed by atoms with van der Waals surface area (Å²) in [6.45, 7) is 7.26. The SMILES string of the molecule is CCOC(=O)N1CCC=C(c2cc(NC(=O)c3c[nH]c(=O)cc3C(F)(F)F)c(N3CC(C)N(C)C(C)C3)cc2F)C1. The summed E-state index contributed by atoms with van der Waals surface area (Å²) in [5, 5.41) is 2.54. The van der Waals surface area contributed by atoms with E-state index in [0.29, 0.717) is 49.6 Å². The minimum absolute atomic E-state index is 0.0587. The normalized spacial score (nSPS) is 20.0. The molecular formula is C28H33F4N5O4. The van der Waals surface area contributed by atoms with Gasteiger partial charge >= 0.3 is 12.3 Å². The number of nitrogens with one attached hydrogen (secondary N) is 2. The number of hydrogen-bond donors (Lipinski definition) is 2. The number of alkyl halides is 3. The van der Waals surface area contributed by atoms with Crippen molar-refractivity contribution in [3.05, 3.63) is 63.3 Å². The molecule has 1 aromatic heterocycles. The van der Waals surface area contributed by atoms with Crippen molar-refractivity contribution in [3.63, 3.8) is 0 Å². The summed E-state index contributed by atoms with van der Waals surface area (Å²) >= 11 is 0. The van der Waals surface area contributed by atoms with E-state index in [1.54, 1.807) is 13.0 Å². The van der Waals surface area contributed by atoms with Crippen LogP contribution in [0, 0.1) is 5.82 Å². The van der Waals surface area contributed by atoms with E-state index in [4.69, 9.17) is 4.74 Å². The number of carbonyl (C=O) groups excluding carboxylic acids is 2. The minimum Gasteiger partial charge on any atom is -0.450 e. The molecule has 41 heavy (non-hydrogen) atoms. The van der Waals surface area contributed by atoms with Crippen LogP contribution in [0.25, 0.3) is 5.57 Å². The second-order valence-electron chi connectivity index (χ2n) is 10.3. The number of rotatable bonds is 5. The van der Waals surface area contributed by atoms with E-state index in [1.807, 2.05) is 25.8 Å². The molecule has 0 saturated carbocycles. The van der Waals surface area contributed by atoms with Gasteiger partial charge in [0.25, 0.3) is 5.91 Å². The van der Waals surface area contributed by atoms with E-state index in [-0.39, 0.29) is 36.5 Å².